The van der Waals surface area contributed by atoms with E-state index < -0.39 is 5.97 Å². The van der Waals surface area contributed by atoms with Gasteiger partial charge in [-0.3, -0.25) is 4.90 Å². The zero-order valence-electron chi connectivity index (χ0n) is 18.8. The Morgan fingerprint density at radius 3 is 2.42 bits per heavy atom. The summed E-state index contributed by atoms with van der Waals surface area (Å²) in [4.78, 5) is 16.5. The van der Waals surface area contributed by atoms with Crippen molar-refractivity contribution in [1.82, 2.24) is 14.2 Å². The molecule has 1 aliphatic rings. The molecule has 0 bridgehead atoms. The summed E-state index contributed by atoms with van der Waals surface area (Å²) in [6.45, 7) is 8.10. The molecule has 1 atom stereocenters. The lowest BCUT2D eigenvalue weighted by Crippen LogP contribution is -2.39. The fraction of sp³-hybridized carbons (Fsp3) is 0.400. The molecule has 1 aromatic carbocycles. The standard InChI is InChI=1S/C25H31N3O3/c1-17-23(25(29)30)14-22-13-21(20-7-5-19(6-8-20)15-26(3)4)16-28(22)24(17)18(2)27-9-11-31-12-10-27/h5-8,13-14,16,18H,9-12,15H2,1-4H3,(H,29,30). The predicted octanol–water partition coefficient (Wildman–Crippen LogP) is 4.07. The maximum absolute atomic E-state index is 12.0. The van der Waals surface area contributed by atoms with E-state index in [0.29, 0.717) is 18.8 Å². The van der Waals surface area contributed by atoms with Crippen molar-refractivity contribution in [2.75, 3.05) is 40.4 Å². The first-order valence-corrected chi connectivity index (χ1v) is 10.8. The van der Waals surface area contributed by atoms with Gasteiger partial charge in [0.15, 0.2) is 0 Å². The molecule has 31 heavy (non-hydrogen) atoms. The molecule has 1 N–H and O–H groups in total. The molecule has 0 radical (unpaired) electrons. The number of ether oxygens (including phenoxy) is 1. The van der Waals surface area contributed by atoms with Crippen molar-refractivity contribution in [3.05, 3.63) is 65.0 Å². The Kier molecular flexibility index (Phi) is 6.14. The molecule has 6 nitrogen and oxygen atoms in total. The summed E-state index contributed by atoms with van der Waals surface area (Å²) < 4.78 is 7.69. The molecule has 164 valence electrons. The average molecular weight is 422 g/mol. The SMILES string of the molecule is Cc1c(C(=O)O)cc2cc(-c3ccc(CN(C)C)cc3)cn2c1C(C)N1CCOCC1. The van der Waals surface area contributed by atoms with E-state index in [1.807, 2.05) is 6.92 Å². The molecule has 0 saturated carbocycles. The van der Waals surface area contributed by atoms with E-state index in [0.717, 1.165) is 47.5 Å². The van der Waals surface area contributed by atoms with Crippen LogP contribution in [0, 0.1) is 6.92 Å². The number of carbonyl (C=O) groups is 1. The fourth-order valence-corrected chi connectivity index (χ4v) is 4.57. The predicted molar refractivity (Wildman–Crippen MR) is 123 cm³/mol. The number of morpholine rings is 1. The van der Waals surface area contributed by atoms with Crippen LogP contribution in [0.5, 0.6) is 0 Å². The van der Waals surface area contributed by atoms with Crippen LogP contribution in [0.4, 0.5) is 0 Å². The Labute approximate surface area is 183 Å². The third-order valence-electron chi connectivity index (χ3n) is 6.20. The summed E-state index contributed by atoms with van der Waals surface area (Å²) in [6, 6.07) is 12.6. The van der Waals surface area contributed by atoms with Crippen LogP contribution in [0.15, 0.2) is 42.6 Å². The van der Waals surface area contributed by atoms with Crippen LogP contribution in [0.1, 0.15) is 40.1 Å². The van der Waals surface area contributed by atoms with Gasteiger partial charge in [0, 0.05) is 48.6 Å². The van der Waals surface area contributed by atoms with E-state index in [-0.39, 0.29) is 6.04 Å². The molecule has 4 rings (SSSR count). The van der Waals surface area contributed by atoms with Crippen LogP contribution in [0.25, 0.3) is 16.6 Å². The molecule has 0 amide bonds. The number of rotatable bonds is 6. The Morgan fingerprint density at radius 2 is 1.81 bits per heavy atom. The summed E-state index contributed by atoms with van der Waals surface area (Å²) >= 11 is 0. The molecule has 0 aliphatic carbocycles. The van der Waals surface area contributed by atoms with Crippen molar-refractivity contribution < 1.29 is 14.6 Å². The molecular weight excluding hydrogens is 390 g/mol. The highest BCUT2D eigenvalue weighted by Gasteiger charge is 2.25. The van der Waals surface area contributed by atoms with E-state index in [1.54, 1.807) is 6.07 Å². The summed E-state index contributed by atoms with van der Waals surface area (Å²) in [5, 5.41) is 9.82. The molecule has 0 spiro atoms. The first-order chi connectivity index (χ1) is 14.8. The monoisotopic (exact) mass is 421 g/mol. The maximum Gasteiger partial charge on any atom is 0.336 e. The molecule has 6 heteroatoms. The number of aromatic nitrogens is 1. The van der Waals surface area contributed by atoms with Gasteiger partial charge in [-0.2, -0.15) is 0 Å². The van der Waals surface area contributed by atoms with Gasteiger partial charge in [-0.15, -0.1) is 0 Å². The van der Waals surface area contributed by atoms with Crippen molar-refractivity contribution in [2.45, 2.75) is 26.4 Å². The minimum Gasteiger partial charge on any atom is -0.478 e. The van der Waals surface area contributed by atoms with Gasteiger partial charge < -0.3 is 19.1 Å². The Morgan fingerprint density at radius 1 is 1.13 bits per heavy atom. The highest BCUT2D eigenvalue weighted by atomic mass is 16.5. The number of benzene rings is 1. The van der Waals surface area contributed by atoms with Crippen LogP contribution < -0.4 is 0 Å². The Hall–Kier alpha value is -2.67. The highest BCUT2D eigenvalue weighted by molar-refractivity contribution is 5.91. The van der Waals surface area contributed by atoms with Crippen molar-refractivity contribution in [1.29, 1.82) is 0 Å². The van der Waals surface area contributed by atoms with Gasteiger partial charge in [0.2, 0.25) is 0 Å². The van der Waals surface area contributed by atoms with Gasteiger partial charge in [-0.25, -0.2) is 4.79 Å². The zero-order chi connectivity index (χ0) is 22.1. The van der Waals surface area contributed by atoms with E-state index >= 15 is 0 Å². The summed E-state index contributed by atoms with van der Waals surface area (Å²) in [5.41, 5.74) is 6.62. The van der Waals surface area contributed by atoms with Crippen LogP contribution in [0.3, 0.4) is 0 Å². The molecule has 1 fully saturated rings. The van der Waals surface area contributed by atoms with E-state index in [9.17, 15) is 9.90 Å². The van der Waals surface area contributed by atoms with Crippen molar-refractivity contribution in [3.63, 3.8) is 0 Å². The molecular formula is C25H31N3O3. The largest absolute Gasteiger partial charge is 0.478 e. The van der Waals surface area contributed by atoms with Crippen LogP contribution in [0.2, 0.25) is 0 Å². The molecule has 3 aromatic rings. The van der Waals surface area contributed by atoms with Gasteiger partial charge in [0.05, 0.1) is 18.8 Å². The molecule has 2 aromatic heterocycles. The number of nitrogens with zero attached hydrogens (tertiary/aromatic N) is 3. The minimum atomic E-state index is -0.883. The number of carboxylic acids is 1. The van der Waals surface area contributed by atoms with Gasteiger partial charge in [-0.05, 0) is 56.8 Å². The van der Waals surface area contributed by atoms with Gasteiger partial charge in [-0.1, -0.05) is 24.3 Å². The van der Waals surface area contributed by atoms with E-state index in [2.05, 4.69) is 71.7 Å². The highest BCUT2D eigenvalue weighted by Crippen LogP contribution is 2.32. The third kappa shape index (κ3) is 4.37. The van der Waals surface area contributed by atoms with Crippen LogP contribution >= 0.6 is 0 Å². The van der Waals surface area contributed by atoms with E-state index in [1.165, 1.54) is 5.56 Å². The smallest absolute Gasteiger partial charge is 0.336 e. The lowest BCUT2D eigenvalue weighted by atomic mass is 10.0. The second-order valence-corrected chi connectivity index (χ2v) is 8.66. The van der Waals surface area contributed by atoms with Crippen molar-refractivity contribution in [2.24, 2.45) is 0 Å². The molecule has 3 heterocycles. The van der Waals surface area contributed by atoms with Gasteiger partial charge >= 0.3 is 5.97 Å². The molecule has 1 unspecified atom stereocenters. The lowest BCUT2D eigenvalue weighted by Gasteiger charge is -2.33. The number of pyridine rings is 1. The number of fused-ring (bicyclic) bond motifs is 1. The third-order valence-corrected chi connectivity index (χ3v) is 6.20. The Bertz CT molecular complexity index is 1080. The van der Waals surface area contributed by atoms with Crippen LogP contribution in [-0.2, 0) is 11.3 Å². The normalized spacial score (nSPS) is 16.2. The van der Waals surface area contributed by atoms with Crippen LogP contribution in [-0.4, -0.2) is 65.7 Å². The first kappa shape index (κ1) is 21.6. The summed E-state index contributed by atoms with van der Waals surface area (Å²) in [6.07, 6.45) is 2.14. The summed E-state index contributed by atoms with van der Waals surface area (Å²) in [7, 11) is 4.13. The quantitative estimate of drug-likeness (QED) is 0.650. The van der Waals surface area contributed by atoms with Gasteiger partial charge in [0.25, 0.3) is 0 Å². The first-order valence-electron chi connectivity index (χ1n) is 10.8. The molecule has 1 saturated heterocycles. The fourth-order valence-electron chi connectivity index (χ4n) is 4.57. The molecule has 1 aliphatic heterocycles. The number of hydrogen-bond acceptors (Lipinski definition) is 4. The number of hydrogen-bond donors (Lipinski definition) is 1. The number of carboxylic acid groups (broad SMARTS) is 1. The Balaban J connectivity index is 1.79. The topological polar surface area (TPSA) is 57.4 Å². The second-order valence-electron chi connectivity index (χ2n) is 8.66. The van der Waals surface area contributed by atoms with Gasteiger partial charge in [0.1, 0.15) is 0 Å². The second kappa shape index (κ2) is 8.83. The average Bonchev–Trinajstić information content (AvgIpc) is 3.17. The summed E-state index contributed by atoms with van der Waals surface area (Å²) in [5.74, 6) is -0.883. The minimum absolute atomic E-state index is 0.0911. The van der Waals surface area contributed by atoms with E-state index in [4.69, 9.17) is 4.74 Å². The van der Waals surface area contributed by atoms with Crippen molar-refractivity contribution >= 4 is 11.5 Å². The zero-order valence-corrected chi connectivity index (χ0v) is 18.8. The maximum atomic E-state index is 12.0. The van der Waals surface area contributed by atoms with Crippen molar-refractivity contribution in [3.8, 4) is 11.1 Å². The number of aromatic carboxylic acids is 1. The lowest BCUT2D eigenvalue weighted by molar-refractivity contribution is 0.0187.